The van der Waals surface area contributed by atoms with E-state index in [1.165, 1.54) is 0 Å². The van der Waals surface area contributed by atoms with Crippen LogP contribution in [0.25, 0.3) is 11.1 Å². The molecule has 1 atom stereocenters. The van der Waals surface area contributed by atoms with Gasteiger partial charge in [-0.1, -0.05) is 36.4 Å². The van der Waals surface area contributed by atoms with Crippen LogP contribution in [0.15, 0.2) is 73.1 Å². The van der Waals surface area contributed by atoms with E-state index in [-0.39, 0.29) is 18.4 Å². The fraction of sp³-hybridized carbons (Fsp3) is 0.269. The highest BCUT2D eigenvalue weighted by atomic mass is 16.5. The predicted molar refractivity (Wildman–Crippen MR) is 125 cm³/mol. The van der Waals surface area contributed by atoms with E-state index >= 15 is 0 Å². The van der Waals surface area contributed by atoms with Crippen LogP contribution in [0.3, 0.4) is 0 Å². The molecule has 0 aliphatic carbocycles. The first-order chi connectivity index (χ1) is 16.1. The third-order valence-corrected chi connectivity index (χ3v) is 5.88. The molecule has 0 N–H and O–H groups in total. The average molecular weight is 446 g/mol. The van der Waals surface area contributed by atoms with Gasteiger partial charge in [-0.15, -0.1) is 0 Å². The summed E-state index contributed by atoms with van der Waals surface area (Å²) in [6.45, 7) is 0.778. The van der Waals surface area contributed by atoms with Gasteiger partial charge in [0.1, 0.15) is 6.04 Å². The normalized spacial score (nSPS) is 15.9. The molecule has 2 amide bonds. The number of likely N-dealkylation sites (N-methyl/N-ethyl adjacent to an activating group) is 1. The molecule has 7 nitrogen and oxygen atoms in total. The van der Waals surface area contributed by atoms with Crippen LogP contribution in [0.2, 0.25) is 0 Å². The number of nitrogens with zero attached hydrogens (tertiary/aromatic N) is 3. The number of hydrogen-bond acceptors (Lipinski definition) is 5. The molecule has 0 spiro atoms. The molecule has 3 aromatic rings. The summed E-state index contributed by atoms with van der Waals surface area (Å²) in [7, 11) is 3.33. The summed E-state index contributed by atoms with van der Waals surface area (Å²) in [6.07, 6.45) is 3.91. The number of hydrogen-bond donors (Lipinski definition) is 0. The molecule has 1 aliphatic heterocycles. The van der Waals surface area contributed by atoms with E-state index in [4.69, 9.17) is 9.47 Å². The molecule has 1 aliphatic rings. The van der Waals surface area contributed by atoms with E-state index in [1.54, 1.807) is 48.5 Å². The van der Waals surface area contributed by atoms with Crippen LogP contribution in [-0.2, 0) is 16.0 Å². The van der Waals surface area contributed by atoms with Gasteiger partial charge in [0.05, 0.1) is 7.11 Å². The Hall–Kier alpha value is -3.87. The number of para-hydroxylation sites is 2. The molecule has 0 radical (unpaired) electrons. The van der Waals surface area contributed by atoms with Crippen LogP contribution in [0.1, 0.15) is 5.56 Å². The largest absolute Gasteiger partial charge is 0.493 e. The summed E-state index contributed by atoms with van der Waals surface area (Å²) < 4.78 is 11.0. The molecular formula is C26H27N3O4. The Kier molecular flexibility index (Phi) is 6.88. The van der Waals surface area contributed by atoms with E-state index in [9.17, 15) is 9.59 Å². The second-order valence-electron chi connectivity index (χ2n) is 7.90. The molecular weight excluding hydrogens is 418 g/mol. The summed E-state index contributed by atoms with van der Waals surface area (Å²) in [5.74, 6) is 0.751. The summed E-state index contributed by atoms with van der Waals surface area (Å²) >= 11 is 0. The molecule has 1 aromatic heterocycles. The number of methoxy groups -OCH3 is 1. The first-order valence-electron chi connectivity index (χ1n) is 10.9. The van der Waals surface area contributed by atoms with Gasteiger partial charge in [0.25, 0.3) is 5.91 Å². The third-order valence-electron chi connectivity index (χ3n) is 5.88. The first-order valence-corrected chi connectivity index (χ1v) is 10.9. The lowest BCUT2D eigenvalue weighted by atomic mass is 9.94. The van der Waals surface area contributed by atoms with Gasteiger partial charge in [0, 0.05) is 39.0 Å². The average Bonchev–Trinajstić information content (AvgIpc) is 2.86. The lowest BCUT2D eigenvalue weighted by Gasteiger charge is -2.39. The number of piperazine rings is 1. The van der Waals surface area contributed by atoms with Crippen LogP contribution < -0.4 is 9.47 Å². The lowest BCUT2D eigenvalue weighted by Crippen LogP contribution is -2.59. The maximum absolute atomic E-state index is 13.2. The van der Waals surface area contributed by atoms with Gasteiger partial charge in [-0.2, -0.15) is 0 Å². The highest BCUT2D eigenvalue weighted by Crippen LogP contribution is 2.28. The van der Waals surface area contributed by atoms with Crippen molar-refractivity contribution in [1.29, 1.82) is 0 Å². The topological polar surface area (TPSA) is 72.0 Å². The van der Waals surface area contributed by atoms with Crippen molar-refractivity contribution in [3.05, 3.63) is 78.6 Å². The Balaban J connectivity index is 1.55. The summed E-state index contributed by atoms with van der Waals surface area (Å²) in [6, 6.07) is 18.4. The Bertz CT molecular complexity index is 1120. The van der Waals surface area contributed by atoms with Crippen LogP contribution in [0.5, 0.6) is 11.5 Å². The van der Waals surface area contributed by atoms with E-state index in [0.717, 1.165) is 16.7 Å². The second-order valence-corrected chi connectivity index (χ2v) is 7.90. The van der Waals surface area contributed by atoms with Crippen LogP contribution in [0, 0.1) is 0 Å². The molecule has 33 heavy (non-hydrogen) atoms. The summed E-state index contributed by atoms with van der Waals surface area (Å²) in [5.41, 5.74) is 3.05. The highest BCUT2D eigenvalue weighted by molar-refractivity contribution is 5.90. The molecule has 170 valence electrons. The number of carbonyl (C=O) groups excluding carboxylic acids is 2. The molecule has 1 unspecified atom stereocenters. The molecule has 0 bridgehead atoms. The maximum Gasteiger partial charge on any atom is 0.261 e. The lowest BCUT2D eigenvalue weighted by molar-refractivity contribution is -0.151. The van der Waals surface area contributed by atoms with Gasteiger partial charge in [-0.05, 0) is 41.0 Å². The standard InChI is InChI=1S/C26H27N3O4/c1-28-15-16-29(25(30)18-33-24-10-6-5-9-23(24)32-2)22(26(28)31)17-20-7-3-4-8-21(20)19-11-13-27-14-12-19/h3-14,22H,15-18H2,1-2H3. The smallest absolute Gasteiger partial charge is 0.261 e. The zero-order valence-corrected chi connectivity index (χ0v) is 18.8. The molecule has 1 saturated heterocycles. The summed E-state index contributed by atoms with van der Waals surface area (Å²) in [5, 5.41) is 0. The zero-order chi connectivity index (χ0) is 23.2. The number of benzene rings is 2. The van der Waals surface area contributed by atoms with E-state index < -0.39 is 6.04 Å². The van der Waals surface area contributed by atoms with Crippen molar-refractivity contribution in [2.45, 2.75) is 12.5 Å². The minimum Gasteiger partial charge on any atom is -0.493 e. The van der Waals surface area contributed by atoms with Crippen molar-refractivity contribution in [1.82, 2.24) is 14.8 Å². The number of rotatable bonds is 7. The number of ether oxygens (including phenoxy) is 2. The van der Waals surface area contributed by atoms with Gasteiger partial charge < -0.3 is 19.3 Å². The van der Waals surface area contributed by atoms with Crippen molar-refractivity contribution in [3.63, 3.8) is 0 Å². The quantitative estimate of drug-likeness (QED) is 0.559. The van der Waals surface area contributed by atoms with Gasteiger partial charge in [0.2, 0.25) is 5.91 Å². The zero-order valence-electron chi connectivity index (χ0n) is 18.8. The van der Waals surface area contributed by atoms with Crippen LogP contribution in [0.4, 0.5) is 0 Å². The molecule has 1 fully saturated rings. The van der Waals surface area contributed by atoms with E-state index in [2.05, 4.69) is 4.98 Å². The monoisotopic (exact) mass is 445 g/mol. The van der Waals surface area contributed by atoms with Gasteiger partial charge >= 0.3 is 0 Å². The Labute approximate surface area is 193 Å². The SMILES string of the molecule is COc1ccccc1OCC(=O)N1CCN(C)C(=O)C1Cc1ccccc1-c1ccncc1. The number of aromatic nitrogens is 1. The fourth-order valence-corrected chi connectivity index (χ4v) is 4.09. The molecule has 0 saturated carbocycles. The minimum atomic E-state index is -0.597. The molecule has 7 heteroatoms. The Morgan fingerprint density at radius 1 is 1.00 bits per heavy atom. The van der Waals surface area contributed by atoms with Crippen molar-refractivity contribution >= 4 is 11.8 Å². The number of pyridine rings is 1. The fourth-order valence-electron chi connectivity index (χ4n) is 4.09. The Morgan fingerprint density at radius 2 is 1.70 bits per heavy atom. The minimum absolute atomic E-state index is 0.0728. The van der Waals surface area contributed by atoms with E-state index in [0.29, 0.717) is 31.0 Å². The van der Waals surface area contributed by atoms with Crippen molar-refractivity contribution < 1.29 is 19.1 Å². The predicted octanol–water partition coefficient (Wildman–Crippen LogP) is 3.05. The summed E-state index contributed by atoms with van der Waals surface area (Å²) in [4.78, 5) is 33.7. The van der Waals surface area contributed by atoms with Crippen molar-refractivity contribution in [2.75, 3.05) is 33.9 Å². The Morgan fingerprint density at radius 3 is 2.45 bits per heavy atom. The number of amides is 2. The van der Waals surface area contributed by atoms with Crippen LogP contribution >= 0.6 is 0 Å². The molecule has 2 heterocycles. The molecule has 4 rings (SSSR count). The van der Waals surface area contributed by atoms with Gasteiger partial charge in [-0.25, -0.2) is 0 Å². The van der Waals surface area contributed by atoms with Crippen molar-refractivity contribution in [3.8, 4) is 22.6 Å². The first kappa shape index (κ1) is 22.3. The molecule has 2 aromatic carbocycles. The second kappa shape index (κ2) is 10.2. The van der Waals surface area contributed by atoms with Gasteiger partial charge in [-0.3, -0.25) is 14.6 Å². The van der Waals surface area contributed by atoms with Crippen LogP contribution in [-0.4, -0.2) is 66.5 Å². The van der Waals surface area contributed by atoms with E-state index in [1.807, 2.05) is 48.5 Å². The third kappa shape index (κ3) is 4.98. The maximum atomic E-state index is 13.2. The number of carbonyl (C=O) groups is 2. The van der Waals surface area contributed by atoms with Gasteiger partial charge in [0.15, 0.2) is 18.1 Å². The highest BCUT2D eigenvalue weighted by Gasteiger charge is 2.36. The van der Waals surface area contributed by atoms with Crippen molar-refractivity contribution in [2.24, 2.45) is 0 Å².